The molecule has 0 unspecified atom stereocenters. The number of hydrogen-bond acceptors (Lipinski definition) is 6. The molecule has 6 nitrogen and oxygen atoms in total. The van der Waals surface area contributed by atoms with Crippen LogP contribution in [0.25, 0.3) is 0 Å². The maximum Gasteiger partial charge on any atom is 0.257 e. The SMILES string of the molecule is C[C@H](OCC1CC1)C(=O)N(C[C@@H]1CN(C)CCO1)c1nccs1. The van der Waals surface area contributed by atoms with Gasteiger partial charge in [-0.15, -0.1) is 11.3 Å². The lowest BCUT2D eigenvalue weighted by atomic mass is 10.2. The van der Waals surface area contributed by atoms with Gasteiger partial charge in [-0.25, -0.2) is 4.98 Å². The zero-order chi connectivity index (χ0) is 16.2. The van der Waals surface area contributed by atoms with E-state index >= 15 is 0 Å². The highest BCUT2D eigenvalue weighted by molar-refractivity contribution is 7.13. The molecule has 0 N–H and O–H groups in total. The third-order valence-corrected chi connectivity index (χ3v) is 5.07. The molecule has 3 rings (SSSR count). The Labute approximate surface area is 141 Å². The Kier molecular flexibility index (Phi) is 5.63. The van der Waals surface area contributed by atoms with Crippen LogP contribution in [0.4, 0.5) is 5.13 Å². The van der Waals surface area contributed by atoms with Gasteiger partial charge in [0.1, 0.15) is 6.10 Å². The van der Waals surface area contributed by atoms with Crippen LogP contribution in [0.2, 0.25) is 0 Å². The molecule has 1 saturated heterocycles. The molecule has 1 amide bonds. The van der Waals surface area contributed by atoms with Gasteiger partial charge < -0.3 is 14.4 Å². The highest BCUT2D eigenvalue weighted by atomic mass is 32.1. The standard InChI is InChI=1S/C16H25N3O3S/c1-12(22-11-13-3-4-13)15(20)19(16-17-5-8-23-16)10-14-9-18(2)6-7-21-14/h5,8,12-14H,3-4,6-7,9-11H2,1-2H3/t12-,14-/m0/s1. The number of likely N-dealkylation sites (N-methyl/N-ethyl adjacent to an activating group) is 1. The number of hydrogen-bond donors (Lipinski definition) is 0. The van der Waals surface area contributed by atoms with Crippen molar-refractivity contribution in [3.8, 4) is 0 Å². The lowest BCUT2D eigenvalue weighted by molar-refractivity contribution is -0.130. The molecule has 128 valence electrons. The van der Waals surface area contributed by atoms with Crippen molar-refractivity contribution in [2.75, 3.05) is 44.8 Å². The second-order valence-corrected chi connectivity index (χ2v) is 7.31. The predicted molar refractivity (Wildman–Crippen MR) is 89.8 cm³/mol. The fraction of sp³-hybridized carbons (Fsp3) is 0.750. The van der Waals surface area contributed by atoms with Crippen LogP contribution in [0.5, 0.6) is 0 Å². The van der Waals surface area contributed by atoms with Crippen molar-refractivity contribution in [3.05, 3.63) is 11.6 Å². The summed E-state index contributed by atoms with van der Waals surface area (Å²) in [5, 5.41) is 2.60. The maximum atomic E-state index is 12.8. The van der Waals surface area contributed by atoms with Gasteiger partial charge in [0, 0.05) is 24.7 Å². The molecule has 7 heteroatoms. The molecule has 2 atom stereocenters. The Bertz CT molecular complexity index is 507. The third kappa shape index (κ3) is 4.73. The zero-order valence-corrected chi connectivity index (χ0v) is 14.6. The number of rotatable bonds is 7. The van der Waals surface area contributed by atoms with Gasteiger partial charge in [0.15, 0.2) is 5.13 Å². The summed E-state index contributed by atoms with van der Waals surface area (Å²) in [5.74, 6) is 0.617. The largest absolute Gasteiger partial charge is 0.374 e. The van der Waals surface area contributed by atoms with E-state index in [1.165, 1.54) is 24.2 Å². The quantitative estimate of drug-likeness (QED) is 0.756. The Morgan fingerprint density at radius 3 is 3.09 bits per heavy atom. The van der Waals surface area contributed by atoms with Gasteiger partial charge in [-0.2, -0.15) is 0 Å². The van der Waals surface area contributed by atoms with Crippen LogP contribution < -0.4 is 4.90 Å². The number of ether oxygens (including phenoxy) is 2. The Balaban J connectivity index is 1.63. The minimum Gasteiger partial charge on any atom is -0.374 e. The molecule has 1 aliphatic heterocycles. The molecule has 2 fully saturated rings. The molecule has 1 aromatic rings. The summed E-state index contributed by atoms with van der Waals surface area (Å²) in [6.45, 7) is 5.50. The van der Waals surface area contributed by atoms with Crippen LogP contribution in [0.3, 0.4) is 0 Å². The molecule has 0 radical (unpaired) electrons. The van der Waals surface area contributed by atoms with Gasteiger partial charge in [0.2, 0.25) is 0 Å². The lowest BCUT2D eigenvalue weighted by Gasteiger charge is -2.33. The van der Waals surface area contributed by atoms with Gasteiger partial charge in [-0.3, -0.25) is 9.69 Å². The van der Waals surface area contributed by atoms with Gasteiger partial charge in [0.25, 0.3) is 5.91 Å². The maximum absolute atomic E-state index is 12.8. The number of anilines is 1. The first-order valence-electron chi connectivity index (χ1n) is 8.26. The molecular weight excluding hydrogens is 314 g/mol. The lowest BCUT2D eigenvalue weighted by Crippen LogP contribution is -2.49. The highest BCUT2D eigenvalue weighted by Gasteiger charge is 2.30. The molecule has 1 aliphatic carbocycles. The first kappa shape index (κ1) is 16.8. The molecule has 0 aromatic carbocycles. The number of nitrogens with zero attached hydrogens (tertiary/aromatic N) is 3. The van der Waals surface area contributed by atoms with E-state index < -0.39 is 6.10 Å². The average Bonchev–Trinajstić information content (AvgIpc) is 3.22. The highest BCUT2D eigenvalue weighted by Crippen LogP contribution is 2.29. The Hall–Kier alpha value is -1.02. The number of amides is 1. The van der Waals surface area contributed by atoms with Crippen LogP contribution in [-0.2, 0) is 14.3 Å². The monoisotopic (exact) mass is 339 g/mol. The molecule has 23 heavy (non-hydrogen) atoms. The van der Waals surface area contributed by atoms with E-state index in [2.05, 4.69) is 16.9 Å². The molecule has 1 saturated carbocycles. The van der Waals surface area contributed by atoms with Crippen LogP contribution in [0, 0.1) is 5.92 Å². The summed E-state index contributed by atoms with van der Waals surface area (Å²) < 4.78 is 11.6. The van der Waals surface area contributed by atoms with E-state index in [0.29, 0.717) is 30.8 Å². The second kappa shape index (κ2) is 7.70. The van der Waals surface area contributed by atoms with E-state index in [9.17, 15) is 4.79 Å². The molecular formula is C16H25N3O3S. The van der Waals surface area contributed by atoms with E-state index in [0.717, 1.165) is 13.1 Å². The minimum absolute atomic E-state index is 0.0113. The van der Waals surface area contributed by atoms with Crippen LogP contribution in [0.15, 0.2) is 11.6 Å². The molecule has 1 aromatic heterocycles. The summed E-state index contributed by atoms with van der Waals surface area (Å²) in [6, 6.07) is 0. The number of thiazole rings is 1. The van der Waals surface area contributed by atoms with Crippen molar-refractivity contribution >= 4 is 22.4 Å². The number of aromatic nitrogens is 1. The number of carbonyl (C=O) groups excluding carboxylic acids is 1. The van der Waals surface area contributed by atoms with Crippen LogP contribution >= 0.6 is 11.3 Å². The van der Waals surface area contributed by atoms with Gasteiger partial charge in [-0.1, -0.05) is 0 Å². The Morgan fingerprint density at radius 1 is 1.61 bits per heavy atom. The summed E-state index contributed by atoms with van der Waals surface area (Å²) >= 11 is 1.47. The van der Waals surface area contributed by atoms with Crippen LogP contribution in [-0.4, -0.2) is 67.9 Å². The van der Waals surface area contributed by atoms with E-state index in [4.69, 9.17) is 9.47 Å². The van der Waals surface area contributed by atoms with E-state index in [1.54, 1.807) is 11.1 Å². The smallest absolute Gasteiger partial charge is 0.257 e. The van der Waals surface area contributed by atoms with Crippen molar-refractivity contribution in [1.82, 2.24) is 9.88 Å². The summed E-state index contributed by atoms with van der Waals surface area (Å²) in [7, 11) is 2.08. The summed E-state index contributed by atoms with van der Waals surface area (Å²) in [4.78, 5) is 21.1. The fourth-order valence-corrected chi connectivity index (χ4v) is 3.31. The minimum atomic E-state index is -0.444. The molecule has 2 aliphatic rings. The molecule has 2 heterocycles. The predicted octanol–water partition coefficient (Wildman–Crippen LogP) is 1.62. The summed E-state index contributed by atoms with van der Waals surface area (Å²) in [6.07, 6.45) is 3.74. The molecule has 0 spiro atoms. The molecule has 0 bridgehead atoms. The van der Waals surface area contributed by atoms with Crippen molar-refractivity contribution in [3.63, 3.8) is 0 Å². The summed E-state index contributed by atoms with van der Waals surface area (Å²) in [5.41, 5.74) is 0. The first-order valence-corrected chi connectivity index (χ1v) is 9.14. The Morgan fingerprint density at radius 2 is 2.43 bits per heavy atom. The normalized spacial score (nSPS) is 23.7. The number of carbonyl (C=O) groups is 1. The first-order chi connectivity index (χ1) is 11.1. The number of morpholine rings is 1. The van der Waals surface area contributed by atoms with Crippen molar-refractivity contribution < 1.29 is 14.3 Å². The van der Waals surface area contributed by atoms with Crippen molar-refractivity contribution in [2.45, 2.75) is 32.0 Å². The van der Waals surface area contributed by atoms with Crippen LogP contribution in [0.1, 0.15) is 19.8 Å². The van der Waals surface area contributed by atoms with E-state index in [1.807, 2.05) is 12.3 Å². The zero-order valence-electron chi connectivity index (χ0n) is 13.8. The third-order valence-electron chi connectivity index (χ3n) is 4.27. The van der Waals surface area contributed by atoms with E-state index in [-0.39, 0.29) is 12.0 Å². The average molecular weight is 339 g/mol. The van der Waals surface area contributed by atoms with Gasteiger partial charge in [0.05, 0.1) is 25.9 Å². The fourth-order valence-electron chi connectivity index (χ4n) is 2.65. The topological polar surface area (TPSA) is 54.9 Å². The van der Waals surface area contributed by atoms with Gasteiger partial charge in [-0.05, 0) is 32.7 Å². The van der Waals surface area contributed by atoms with Crippen molar-refractivity contribution in [1.29, 1.82) is 0 Å². The van der Waals surface area contributed by atoms with Gasteiger partial charge >= 0.3 is 0 Å². The second-order valence-electron chi connectivity index (χ2n) is 6.44. The van der Waals surface area contributed by atoms with Crippen molar-refractivity contribution in [2.24, 2.45) is 5.92 Å².